The van der Waals surface area contributed by atoms with Crippen molar-refractivity contribution in [1.82, 2.24) is 15.2 Å². The Labute approximate surface area is 124 Å². The average Bonchev–Trinajstić information content (AvgIpc) is 2.90. The summed E-state index contributed by atoms with van der Waals surface area (Å²) in [7, 11) is 0. The van der Waals surface area contributed by atoms with Crippen molar-refractivity contribution in [2.75, 3.05) is 5.32 Å². The number of nitrogens with one attached hydrogen (secondary N) is 2. The zero-order valence-electron chi connectivity index (χ0n) is 11.1. The molecule has 0 saturated heterocycles. The van der Waals surface area contributed by atoms with Crippen molar-refractivity contribution in [3.05, 3.63) is 45.0 Å². The number of rotatable bonds is 5. The van der Waals surface area contributed by atoms with Crippen molar-refractivity contribution in [2.45, 2.75) is 19.8 Å². The molecule has 0 bridgehead atoms. The predicted molar refractivity (Wildman–Crippen MR) is 76.4 cm³/mol. The summed E-state index contributed by atoms with van der Waals surface area (Å²) in [6, 6.07) is 3.99. The minimum Gasteiger partial charge on any atom is -0.319 e. The van der Waals surface area contributed by atoms with Gasteiger partial charge in [0.15, 0.2) is 0 Å². The Kier molecular flexibility index (Phi) is 4.49. The van der Waals surface area contributed by atoms with E-state index in [1.54, 1.807) is 0 Å². The van der Waals surface area contributed by atoms with Gasteiger partial charge in [0.05, 0.1) is 4.92 Å². The van der Waals surface area contributed by atoms with Gasteiger partial charge in [-0.1, -0.05) is 18.5 Å². The first kappa shape index (κ1) is 14.9. The van der Waals surface area contributed by atoms with E-state index in [1.807, 2.05) is 6.92 Å². The molecule has 0 aliphatic carbocycles. The van der Waals surface area contributed by atoms with E-state index in [2.05, 4.69) is 20.5 Å². The second-order valence-corrected chi connectivity index (χ2v) is 4.64. The van der Waals surface area contributed by atoms with Gasteiger partial charge in [-0.15, -0.1) is 5.10 Å². The molecule has 0 aliphatic heterocycles. The maximum Gasteiger partial charge on any atom is 0.295 e. The zero-order chi connectivity index (χ0) is 15.4. The van der Waals surface area contributed by atoms with Crippen LogP contribution in [-0.4, -0.2) is 26.0 Å². The molecule has 110 valence electrons. The van der Waals surface area contributed by atoms with Gasteiger partial charge in [-0.25, -0.2) is 4.98 Å². The van der Waals surface area contributed by atoms with E-state index in [-0.39, 0.29) is 22.2 Å². The fraction of sp³-hybridized carbons (Fsp3) is 0.250. The van der Waals surface area contributed by atoms with Crippen LogP contribution in [0.5, 0.6) is 0 Å². The van der Waals surface area contributed by atoms with E-state index >= 15 is 0 Å². The van der Waals surface area contributed by atoms with Crippen LogP contribution in [0.2, 0.25) is 5.02 Å². The second-order valence-electron chi connectivity index (χ2n) is 4.23. The lowest BCUT2D eigenvalue weighted by Gasteiger charge is -2.03. The number of aromatic amines is 1. The highest BCUT2D eigenvalue weighted by Gasteiger charge is 2.16. The summed E-state index contributed by atoms with van der Waals surface area (Å²) in [6.07, 6.45) is 1.56. The minimum absolute atomic E-state index is 0.00104. The largest absolute Gasteiger partial charge is 0.319 e. The Balaban J connectivity index is 2.15. The predicted octanol–water partition coefficient (Wildman–Crippen LogP) is 2.57. The number of hydrogen-bond donors (Lipinski definition) is 2. The third-order valence-corrected chi connectivity index (χ3v) is 2.94. The van der Waals surface area contributed by atoms with Crippen molar-refractivity contribution in [1.29, 1.82) is 0 Å². The van der Waals surface area contributed by atoms with Crippen LogP contribution in [0.1, 0.15) is 29.8 Å². The summed E-state index contributed by atoms with van der Waals surface area (Å²) in [4.78, 5) is 26.1. The SMILES string of the molecule is CCCc1nc(C(=O)Nc2ccc(Cl)c([N+](=O)[O-])c2)n[nH]1. The molecule has 0 unspecified atom stereocenters. The topological polar surface area (TPSA) is 114 Å². The molecule has 1 aromatic carbocycles. The van der Waals surface area contributed by atoms with Gasteiger partial charge in [-0.3, -0.25) is 20.0 Å². The maximum atomic E-state index is 11.9. The van der Waals surface area contributed by atoms with Gasteiger partial charge >= 0.3 is 0 Å². The number of nitrogens with zero attached hydrogens (tertiary/aromatic N) is 3. The lowest BCUT2D eigenvalue weighted by atomic mass is 10.2. The monoisotopic (exact) mass is 309 g/mol. The van der Waals surface area contributed by atoms with Crippen molar-refractivity contribution in [3.8, 4) is 0 Å². The van der Waals surface area contributed by atoms with Crippen LogP contribution in [0.15, 0.2) is 18.2 Å². The van der Waals surface area contributed by atoms with Gasteiger partial charge in [0.2, 0.25) is 5.82 Å². The highest BCUT2D eigenvalue weighted by molar-refractivity contribution is 6.32. The first-order valence-corrected chi connectivity index (χ1v) is 6.55. The molecule has 8 nitrogen and oxygen atoms in total. The number of aromatic nitrogens is 3. The van der Waals surface area contributed by atoms with Crippen LogP contribution in [0.3, 0.4) is 0 Å². The molecule has 0 aliphatic rings. The van der Waals surface area contributed by atoms with Crippen LogP contribution in [0.4, 0.5) is 11.4 Å². The molecular formula is C12H12ClN5O3. The van der Waals surface area contributed by atoms with Crippen LogP contribution in [0, 0.1) is 10.1 Å². The third kappa shape index (κ3) is 3.54. The van der Waals surface area contributed by atoms with Gasteiger partial charge in [-0.2, -0.15) is 0 Å². The summed E-state index contributed by atoms with van der Waals surface area (Å²) in [5, 5.41) is 19.7. The lowest BCUT2D eigenvalue weighted by molar-refractivity contribution is -0.384. The summed E-state index contributed by atoms with van der Waals surface area (Å²) < 4.78 is 0. The number of nitro groups is 1. The molecule has 2 aromatic rings. The van der Waals surface area contributed by atoms with Crippen molar-refractivity contribution >= 4 is 28.9 Å². The molecule has 2 N–H and O–H groups in total. The Morgan fingerprint density at radius 1 is 1.52 bits per heavy atom. The number of anilines is 1. The molecule has 1 amide bonds. The quantitative estimate of drug-likeness (QED) is 0.650. The van der Waals surface area contributed by atoms with E-state index in [9.17, 15) is 14.9 Å². The van der Waals surface area contributed by atoms with Gasteiger partial charge in [-0.05, 0) is 18.6 Å². The molecule has 1 heterocycles. The fourth-order valence-electron chi connectivity index (χ4n) is 1.66. The molecule has 0 spiro atoms. The maximum absolute atomic E-state index is 11.9. The highest BCUT2D eigenvalue weighted by atomic mass is 35.5. The highest BCUT2D eigenvalue weighted by Crippen LogP contribution is 2.27. The number of amides is 1. The standard InChI is InChI=1S/C12H12ClN5O3/c1-2-3-10-15-11(17-16-10)12(19)14-7-4-5-8(13)9(6-7)18(20)21/h4-6H,2-3H2,1H3,(H,14,19)(H,15,16,17). The Hall–Kier alpha value is -2.48. The van der Waals surface area contributed by atoms with Crippen LogP contribution >= 0.6 is 11.6 Å². The van der Waals surface area contributed by atoms with E-state index in [0.29, 0.717) is 12.2 Å². The molecule has 0 radical (unpaired) electrons. The summed E-state index contributed by atoms with van der Waals surface area (Å²) in [5.74, 6) is 0.0472. The van der Waals surface area contributed by atoms with Crippen LogP contribution in [-0.2, 0) is 6.42 Å². The van der Waals surface area contributed by atoms with Crippen molar-refractivity contribution in [2.24, 2.45) is 0 Å². The Morgan fingerprint density at radius 3 is 2.95 bits per heavy atom. The zero-order valence-corrected chi connectivity index (χ0v) is 11.8. The Bertz CT molecular complexity index is 685. The molecule has 1 aromatic heterocycles. The number of H-pyrrole nitrogens is 1. The van der Waals surface area contributed by atoms with Gasteiger partial charge < -0.3 is 5.32 Å². The van der Waals surface area contributed by atoms with Gasteiger partial charge in [0.25, 0.3) is 11.6 Å². The van der Waals surface area contributed by atoms with Gasteiger partial charge in [0, 0.05) is 18.2 Å². The minimum atomic E-state index is -0.621. The average molecular weight is 310 g/mol. The molecule has 0 fully saturated rings. The second kappa shape index (κ2) is 6.31. The third-order valence-electron chi connectivity index (χ3n) is 2.62. The van der Waals surface area contributed by atoms with Crippen LogP contribution < -0.4 is 5.32 Å². The van der Waals surface area contributed by atoms with Crippen molar-refractivity contribution < 1.29 is 9.72 Å². The smallest absolute Gasteiger partial charge is 0.295 e. The molecule has 9 heteroatoms. The van der Waals surface area contributed by atoms with Crippen molar-refractivity contribution in [3.63, 3.8) is 0 Å². The molecule has 2 rings (SSSR count). The number of nitro benzene ring substituents is 1. The number of halogens is 1. The normalized spacial score (nSPS) is 10.4. The number of carbonyl (C=O) groups is 1. The molecule has 21 heavy (non-hydrogen) atoms. The first-order valence-electron chi connectivity index (χ1n) is 6.17. The molecule has 0 saturated carbocycles. The summed E-state index contributed by atoms with van der Waals surface area (Å²) in [6.45, 7) is 1.98. The first-order chi connectivity index (χ1) is 10.0. The Morgan fingerprint density at radius 2 is 2.29 bits per heavy atom. The lowest BCUT2D eigenvalue weighted by Crippen LogP contribution is -2.14. The summed E-state index contributed by atoms with van der Waals surface area (Å²) >= 11 is 5.70. The van der Waals surface area contributed by atoms with E-state index in [0.717, 1.165) is 6.42 Å². The molecule has 0 atom stereocenters. The number of carbonyl (C=O) groups excluding carboxylic acids is 1. The van der Waals surface area contributed by atoms with E-state index < -0.39 is 10.8 Å². The van der Waals surface area contributed by atoms with Gasteiger partial charge in [0.1, 0.15) is 10.8 Å². The fourth-order valence-corrected chi connectivity index (χ4v) is 1.85. The summed E-state index contributed by atoms with van der Waals surface area (Å²) in [5.41, 5.74) is -0.0333. The number of aryl methyl sites for hydroxylation is 1. The number of hydrogen-bond acceptors (Lipinski definition) is 5. The molecular weight excluding hydrogens is 298 g/mol. The number of benzene rings is 1. The van der Waals surface area contributed by atoms with Crippen LogP contribution in [0.25, 0.3) is 0 Å². The van der Waals surface area contributed by atoms with E-state index in [4.69, 9.17) is 11.6 Å². The van der Waals surface area contributed by atoms with E-state index in [1.165, 1.54) is 18.2 Å².